The first kappa shape index (κ1) is 15.5. The van der Waals surface area contributed by atoms with Crippen LogP contribution in [0.3, 0.4) is 0 Å². The normalized spacial score (nSPS) is 11.6. The molecule has 6 heteroatoms. The van der Waals surface area contributed by atoms with E-state index in [-0.39, 0.29) is 0 Å². The molecule has 5 nitrogen and oxygen atoms in total. The molecule has 0 aliphatic heterocycles. The molecule has 0 bridgehead atoms. The number of oxime groups is 1. The van der Waals surface area contributed by atoms with E-state index in [2.05, 4.69) is 26.4 Å². The van der Waals surface area contributed by atoms with Crippen molar-refractivity contribution in [3.05, 3.63) is 33.8 Å². The lowest BCUT2D eigenvalue weighted by Crippen LogP contribution is -2.32. The number of hydrogen-bond donors (Lipinski definition) is 2. The van der Waals surface area contributed by atoms with E-state index in [1.807, 2.05) is 6.07 Å². The van der Waals surface area contributed by atoms with Gasteiger partial charge in [-0.2, -0.15) is 0 Å². The Morgan fingerprint density at radius 3 is 2.79 bits per heavy atom. The van der Waals surface area contributed by atoms with Gasteiger partial charge >= 0.3 is 6.09 Å². The summed E-state index contributed by atoms with van der Waals surface area (Å²) in [6.07, 6.45) is 0.851. The number of carbonyl (C=O) groups is 1. The number of hydrogen-bond acceptors (Lipinski definition) is 4. The smallest absolute Gasteiger partial charge is 0.407 e. The molecule has 0 saturated carbocycles. The summed E-state index contributed by atoms with van der Waals surface area (Å²) < 4.78 is 6.01. The zero-order valence-electron chi connectivity index (χ0n) is 11.1. The van der Waals surface area contributed by atoms with Crippen LogP contribution in [-0.4, -0.2) is 23.1 Å². The van der Waals surface area contributed by atoms with Crippen molar-refractivity contribution < 1.29 is 14.7 Å². The number of rotatable bonds is 3. The van der Waals surface area contributed by atoms with Crippen molar-refractivity contribution >= 4 is 28.2 Å². The van der Waals surface area contributed by atoms with E-state index in [4.69, 9.17) is 9.94 Å². The molecule has 0 radical (unpaired) electrons. The van der Waals surface area contributed by atoms with E-state index in [0.29, 0.717) is 6.54 Å². The molecule has 0 heterocycles. The Kier molecular flexibility index (Phi) is 5.35. The van der Waals surface area contributed by atoms with Gasteiger partial charge in [-0.15, -0.1) is 0 Å². The fourth-order valence-electron chi connectivity index (χ4n) is 1.36. The Morgan fingerprint density at radius 2 is 2.21 bits per heavy atom. The average Bonchev–Trinajstić information content (AvgIpc) is 2.28. The molecule has 2 N–H and O–H groups in total. The van der Waals surface area contributed by atoms with Crippen molar-refractivity contribution in [1.29, 1.82) is 0 Å². The molecule has 0 aromatic heterocycles. The highest BCUT2D eigenvalue weighted by Crippen LogP contribution is 2.18. The first-order valence-electron chi connectivity index (χ1n) is 5.74. The predicted molar refractivity (Wildman–Crippen MR) is 76.6 cm³/mol. The molecule has 0 spiro atoms. The fourth-order valence-corrected chi connectivity index (χ4v) is 1.75. The summed E-state index contributed by atoms with van der Waals surface area (Å²) in [5, 5.41) is 14.1. The Bertz CT molecular complexity index is 481. The molecule has 0 aliphatic rings. The van der Waals surface area contributed by atoms with Gasteiger partial charge < -0.3 is 15.3 Å². The van der Waals surface area contributed by atoms with Gasteiger partial charge in [-0.05, 0) is 44.0 Å². The largest absolute Gasteiger partial charge is 0.444 e. The summed E-state index contributed by atoms with van der Waals surface area (Å²) in [4.78, 5) is 11.5. The van der Waals surface area contributed by atoms with Crippen LogP contribution in [-0.2, 0) is 11.3 Å². The third-order valence-electron chi connectivity index (χ3n) is 2.10. The Balaban J connectivity index is 2.67. The lowest BCUT2D eigenvalue weighted by atomic mass is 10.1. The van der Waals surface area contributed by atoms with Crippen LogP contribution in [0.5, 0.6) is 0 Å². The van der Waals surface area contributed by atoms with Crippen molar-refractivity contribution in [2.45, 2.75) is 32.9 Å². The second-order valence-electron chi connectivity index (χ2n) is 4.95. The van der Waals surface area contributed by atoms with Crippen LogP contribution in [0.25, 0.3) is 0 Å². The topological polar surface area (TPSA) is 70.9 Å². The maximum Gasteiger partial charge on any atom is 0.407 e. The van der Waals surface area contributed by atoms with Crippen LogP contribution in [0.2, 0.25) is 0 Å². The molecule has 19 heavy (non-hydrogen) atoms. The zero-order valence-corrected chi connectivity index (χ0v) is 12.7. The second kappa shape index (κ2) is 6.56. The number of carbonyl (C=O) groups excluding carboxylic acids is 1. The van der Waals surface area contributed by atoms with Crippen LogP contribution in [0, 0.1) is 0 Å². The van der Waals surface area contributed by atoms with Gasteiger partial charge in [-0.3, -0.25) is 0 Å². The average molecular weight is 329 g/mol. The maximum absolute atomic E-state index is 11.5. The van der Waals surface area contributed by atoms with Crippen molar-refractivity contribution in [1.82, 2.24) is 5.32 Å². The van der Waals surface area contributed by atoms with Gasteiger partial charge in [0, 0.05) is 11.0 Å². The first-order valence-corrected chi connectivity index (χ1v) is 6.54. The number of benzene rings is 1. The minimum Gasteiger partial charge on any atom is -0.444 e. The van der Waals surface area contributed by atoms with Crippen LogP contribution >= 0.6 is 15.9 Å². The number of nitrogens with zero attached hydrogens (tertiary/aromatic N) is 1. The first-order chi connectivity index (χ1) is 8.81. The minimum atomic E-state index is -0.521. The third-order valence-corrected chi connectivity index (χ3v) is 2.87. The number of alkyl carbamates (subject to hydrolysis) is 1. The predicted octanol–water partition coefficient (Wildman–Crippen LogP) is 3.28. The third kappa shape index (κ3) is 5.74. The zero-order chi connectivity index (χ0) is 14.5. The molecule has 0 fully saturated rings. The summed E-state index contributed by atoms with van der Waals surface area (Å²) in [6, 6.07) is 5.42. The van der Waals surface area contributed by atoms with Crippen molar-refractivity contribution in [2.75, 3.05) is 0 Å². The van der Waals surface area contributed by atoms with Gasteiger partial charge in [0.25, 0.3) is 0 Å². The van der Waals surface area contributed by atoms with Gasteiger partial charge in [0.05, 0.1) is 6.21 Å². The Morgan fingerprint density at radius 1 is 1.53 bits per heavy atom. The van der Waals surface area contributed by atoms with E-state index < -0.39 is 11.7 Å². The molecule has 104 valence electrons. The lowest BCUT2D eigenvalue weighted by Gasteiger charge is -2.19. The molecular weight excluding hydrogens is 312 g/mol. The minimum absolute atomic E-state index is 0.322. The molecule has 1 rings (SSSR count). The molecule has 0 aliphatic carbocycles. The van der Waals surface area contributed by atoms with Crippen LogP contribution in [0.4, 0.5) is 4.79 Å². The highest BCUT2D eigenvalue weighted by atomic mass is 79.9. The monoisotopic (exact) mass is 328 g/mol. The van der Waals surface area contributed by atoms with Gasteiger partial charge in [0.1, 0.15) is 5.60 Å². The molecule has 0 saturated heterocycles. The SMILES string of the molecule is CC(C)(C)OC(=O)NCc1cc(/C=N\O)ccc1Br. The highest BCUT2D eigenvalue weighted by Gasteiger charge is 2.15. The van der Waals surface area contributed by atoms with E-state index >= 15 is 0 Å². The highest BCUT2D eigenvalue weighted by molar-refractivity contribution is 9.10. The van der Waals surface area contributed by atoms with Crippen LogP contribution in [0.15, 0.2) is 27.8 Å². The molecular formula is C13H17BrN2O3. The van der Waals surface area contributed by atoms with E-state index in [0.717, 1.165) is 15.6 Å². The summed E-state index contributed by atoms with van der Waals surface area (Å²) in [5.41, 5.74) is 1.09. The summed E-state index contributed by atoms with van der Waals surface area (Å²) >= 11 is 3.39. The Hall–Kier alpha value is -1.56. The number of amides is 1. The van der Waals surface area contributed by atoms with Crippen LogP contribution < -0.4 is 5.32 Å². The summed E-state index contributed by atoms with van der Waals surface area (Å²) in [5.74, 6) is 0. The van der Waals surface area contributed by atoms with Crippen molar-refractivity contribution in [3.8, 4) is 0 Å². The second-order valence-corrected chi connectivity index (χ2v) is 5.81. The standard InChI is InChI=1S/C13H17BrN2O3/c1-13(2,3)19-12(17)15-8-10-6-9(7-16-18)4-5-11(10)14/h4-7,18H,8H2,1-3H3,(H,15,17)/b16-7-. The van der Waals surface area contributed by atoms with Gasteiger partial charge in [-0.1, -0.05) is 27.2 Å². The lowest BCUT2D eigenvalue weighted by molar-refractivity contribution is 0.0523. The quantitative estimate of drug-likeness (QED) is 0.508. The van der Waals surface area contributed by atoms with E-state index in [1.54, 1.807) is 32.9 Å². The van der Waals surface area contributed by atoms with E-state index in [9.17, 15) is 4.79 Å². The number of nitrogens with one attached hydrogen (secondary N) is 1. The number of halogens is 1. The van der Waals surface area contributed by atoms with Crippen molar-refractivity contribution in [3.63, 3.8) is 0 Å². The molecule has 1 aromatic carbocycles. The molecule has 1 aromatic rings. The molecule has 1 amide bonds. The van der Waals surface area contributed by atoms with Crippen molar-refractivity contribution in [2.24, 2.45) is 5.16 Å². The maximum atomic E-state index is 11.5. The summed E-state index contributed by atoms with van der Waals surface area (Å²) in [7, 11) is 0. The van der Waals surface area contributed by atoms with Crippen LogP contribution in [0.1, 0.15) is 31.9 Å². The van der Waals surface area contributed by atoms with E-state index in [1.165, 1.54) is 6.21 Å². The number of ether oxygens (including phenoxy) is 1. The van der Waals surface area contributed by atoms with Gasteiger partial charge in [-0.25, -0.2) is 4.79 Å². The summed E-state index contributed by atoms with van der Waals surface area (Å²) in [6.45, 7) is 5.74. The Labute approximate surface area is 120 Å². The van der Waals surface area contributed by atoms with Gasteiger partial charge in [0.15, 0.2) is 0 Å². The van der Waals surface area contributed by atoms with Gasteiger partial charge in [0.2, 0.25) is 0 Å². The fraction of sp³-hybridized carbons (Fsp3) is 0.385. The molecule has 0 unspecified atom stereocenters. The molecule has 0 atom stereocenters.